The largest absolute Gasteiger partial charge is 0.477 e. The number of aliphatic hydroxyl groups excluding tert-OH is 1. The Morgan fingerprint density at radius 1 is 1.50 bits per heavy atom. The number of aliphatic hydroxyl groups is 1. The monoisotopic (exact) mass is 228 g/mol. The SMILES string of the molecule is C[C@@H](O)Cn1cc(C(=O)O)c(=O)n(C)c1=O. The Bertz CT molecular complexity index is 526. The van der Waals surface area contributed by atoms with E-state index >= 15 is 0 Å². The van der Waals surface area contributed by atoms with E-state index in [1.165, 1.54) is 14.0 Å². The smallest absolute Gasteiger partial charge is 0.342 e. The molecule has 0 spiro atoms. The number of hydrogen-bond acceptors (Lipinski definition) is 4. The van der Waals surface area contributed by atoms with Gasteiger partial charge in [-0.1, -0.05) is 0 Å². The van der Waals surface area contributed by atoms with Gasteiger partial charge in [-0.25, -0.2) is 9.59 Å². The van der Waals surface area contributed by atoms with Gasteiger partial charge in [0.15, 0.2) is 0 Å². The third-order valence-corrected chi connectivity index (χ3v) is 2.04. The van der Waals surface area contributed by atoms with Gasteiger partial charge in [0.1, 0.15) is 5.56 Å². The summed E-state index contributed by atoms with van der Waals surface area (Å²) in [5.41, 5.74) is -2.02. The maximum atomic E-state index is 11.5. The van der Waals surface area contributed by atoms with Gasteiger partial charge in [0.25, 0.3) is 5.56 Å². The Morgan fingerprint density at radius 3 is 2.50 bits per heavy atom. The summed E-state index contributed by atoms with van der Waals surface area (Å²) in [5.74, 6) is -1.40. The second kappa shape index (κ2) is 4.31. The van der Waals surface area contributed by atoms with Crippen LogP contribution in [0, 0.1) is 0 Å². The molecule has 88 valence electrons. The van der Waals surface area contributed by atoms with Crippen LogP contribution < -0.4 is 11.2 Å². The summed E-state index contributed by atoms with van der Waals surface area (Å²) in [6.45, 7) is 1.39. The van der Waals surface area contributed by atoms with Crippen LogP contribution in [-0.2, 0) is 13.6 Å². The van der Waals surface area contributed by atoms with Crippen LogP contribution in [0.15, 0.2) is 15.8 Å². The van der Waals surface area contributed by atoms with E-state index in [-0.39, 0.29) is 6.54 Å². The van der Waals surface area contributed by atoms with Crippen molar-refractivity contribution in [1.29, 1.82) is 0 Å². The van der Waals surface area contributed by atoms with Crippen LogP contribution in [0.4, 0.5) is 0 Å². The Labute approximate surface area is 90.2 Å². The maximum Gasteiger partial charge on any atom is 0.342 e. The summed E-state index contributed by atoms with van der Waals surface area (Å²) in [6, 6.07) is 0. The molecule has 0 unspecified atom stereocenters. The predicted octanol–water partition coefficient (Wildman–Crippen LogP) is -1.37. The van der Waals surface area contributed by atoms with E-state index in [1.807, 2.05) is 0 Å². The molecule has 16 heavy (non-hydrogen) atoms. The molecule has 0 aliphatic carbocycles. The van der Waals surface area contributed by atoms with E-state index in [9.17, 15) is 14.4 Å². The maximum absolute atomic E-state index is 11.5. The highest BCUT2D eigenvalue weighted by Gasteiger charge is 2.14. The van der Waals surface area contributed by atoms with Crippen LogP contribution in [-0.4, -0.2) is 31.4 Å². The number of aromatic nitrogens is 2. The number of aromatic carboxylic acids is 1. The average molecular weight is 228 g/mol. The van der Waals surface area contributed by atoms with Crippen molar-refractivity contribution in [3.05, 3.63) is 32.6 Å². The van der Waals surface area contributed by atoms with E-state index in [4.69, 9.17) is 10.2 Å². The number of rotatable bonds is 3. The summed E-state index contributed by atoms with van der Waals surface area (Å²) in [6.07, 6.45) is 0.136. The van der Waals surface area contributed by atoms with Crippen LogP contribution in [0.3, 0.4) is 0 Å². The quantitative estimate of drug-likeness (QED) is 0.664. The molecule has 0 saturated heterocycles. The van der Waals surface area contributed by atoms with Crippen LogP contribution >= 0.6 is 0 Å². The Balaban J connectivity index is 3.48. The summed E-state index contributed by atoms with van der Waals surface area (Å²) >= 11 is 0. The fraction of sp³-hybridized carbons (Fsp3) is 0.444. The minimum absolute atomic E-state index is 0.0623. The second-order valence-electron chi connectivity index (χ2n) is 3.50. The zero-order valence-corrected chi connectivity index (χ0v) is 8.88. The van der Waals surface area contributed by atoms with Crippen molar-refractivity contribution in [3.8, 4) is 0 Å². The minimum atomic E-state index is -1.40. The Morgan fingerprint density at radius 2 is 2.06 bits per heavy atom. The van der Waals surface area contributed by atoms with Gasteiger partial charge in [-0.05, 0) is 6.92 Å². The molecule has 0 fully saturated rings. The van der Waals surface area contributed by atoms with Crippen LogP contribution in [0.25, 0.3) is 0 Å². The zero-order chi connectivity index (χ0) is 12.5. The van der Waals surface area contributed by atoms with Crippen molar-refractivity contribution in [2.24, 2.45) is 7.05 Å². The second-order valence-corrected chi connectivity index (χ2v) is 3.50. The highest BCUT2D eigenvalue weighted by atomic mass is 16.4. The normalized spacial score (nSPS) is 12.4. The van der Waals surface area contributed by atoms with E-state index in [0.717, 1.165) is 10.8 Å². The molecule has 0 radical (unpaired) electrons. The molecule has 0 saturated carbocycles. The Hall–Kier alpha value is -1.89. The number of carbonyl (C=O) groups is 1. The number of hydrogen-bond donors (Lipinski definition) is 2. The highest BCUT2D eigenvalue weighted by Crippen LogP contribution is 1.91. The lowest BCUT2D eigenvalue weighted by atomic mass is 10.3. The molecule has 0 aromatic carbocycles. The lowest BCUT2D eigenvalue weighted by Gasteiger charge is -2.10. The third kappa shape index (κ3) is 2.19. The molecule has 7 heteroatoms. The van der Waals surface area contributed by atoms with E-state index in [2.05, 4.69) is 0 Å². The lowest BCUT2D eigenvalue weighted by Crippen LogP contribution is -2.41. The average Bonchev–Trinajstić information content (AvgIpc) is 2.18. The molecule has 0 bridgehead atoms. The van der Waals surface area contributed by atoms with Gasteiger partial charge in [0, 0.05) is 13.2 Å². The molecule has 1 aromatic heterocycles. The molecular formula is C9H12N2O5. The molecule has 1 atom stereocenters. The first-order valence-electron chi connectivity index (χ1n) is 4.56. The molecular weight excluding hydrogens is 216 g/mol. The standard InChI is InChI=1S/C9H12N2O5/c1-5(12)3-11-4-6(8(14)15)7(13)10(2)9(11)16/h4-5,12H,3H2,1-2H3,(H,14,15)/t5-/m1/s1. The summed E-state index contributed by atoms with van der Waals surface area (Å²) in [4.78, 5) is 33.6. The molecule has 7 nitrogen and oxygen atoms in total. The minimum Gasteiger partial charge on any atom is -0.477 e. The zero-order valence-electron chi connectivity index (χ0n) is 8.88. The summed E-state index contributed by atoms with van der Waals surface area (Å²) in [5, 5.41) is 17.9. The number of nitrogens with zero attached hydrogens (tertiary/aromatic N) is 2. The van der Waals surface area contributed by atoms with Crippen molar-refractivity contribution in [2.45, 2.75) is 19.6 Å². The van der Waals surface area contributed by atoms with Gasteiger partial charge < -0.3 is 10.2 Å². The van der Waals surface area contributed by atoms with Crippen molar-refractivity contribution in [3.63, 3.8) is 0 Å². The highest BCUT2D eigenvalue weighted by molar-refractivity contribution is 5.86. The lowest BCUT2D eigenvalue weighted by molar-refractivity contribution is 0.0691. The summed E-state index contributed by atoms with van der Waals surface area (Å²) in [7, 11) is 1.19. The molecule has 0 aliphatic heterocycles. The van der Waals surface area contributed by atoms with Gasteiger partial charge in [0.05, 0.1) is 12.6 Å². The molecule has 0 aliphatic rings. The third-order valence-electron chi connectivity index (χ3n) is 2.04. The summed E-state index contributed by atoms with van der Waals surface area (Å²) < 4.78 is 1.70. The van der Waals surface area contributed by atoms with Crippen molar-refractivity contribution in [1.82, 2.24) is 9.13 Å². The first kappa shape index (κ1) is 12.2. The van der Waals surface area contributed by atoms with Crippen molar-refractivity contribution < 1.29 is 15.0 Å². The van der Waals surface area contributed by atoms with E-state index < -0.39 is 28.9 Å². The van der Waals surface area contributed by atoms with Gasteiger partial charge in [-0.3, -0.25) is 13.9 Å². The number of carboxylic acids is 1. The van der Waals surface area contributed by atoms with Gasteiger partial charge in [0.2, 0.25) is 0 Å². The topological polar surface area (TPSA) is 102 Å². The first-order chi connectivity index (χ1) is 7.34. The van der Waals surface area contributed by atoms with Gasteiger partial charge >= 0.3 is 11.7 Å². The van der Waals surface area contributed by atoms with Crippen molar-refractivity contribution in [2.75, 3.05) is 0 Å². The molecule has 1 heterocycles. The molecule has 0 amide bonds. The van der Waals surface area contributed by atoms with Crippen molar-refractivity contribution >= 4 is 5.97 Å². The fourth-order valence-electron chi connectivity index (χ4n) is 1.29. The van der Waals surface area contributed by atoms with Crippen LogP contribution in [0.2, 0.25) is 0 Å². The van der Waals surface area contributed by atoms with E-state index in [1.54, 1.807) is 0 Å². The predicted molar refractivity (Wildman–Crippen MR) is 54.6 cm³/mol. The van der Waals surface area contributed by atoms with Crippen LogP contribution in [0.1, 0.15) is 17.3 Å². The molecule has 1 rings (SSSR count). The number of carboxylic acid groups (broad SMARTS) is 1. The molecule has 1 aromatic rings. The van der Waals surface area contributed by atoms with Gasteiger partial charge in [-0.2, -0.15) is 0 Å². The first-order valence-corrected chi connectivity index (χ1v) is 4.56. The van der Waals surface area contributed by atoms with Crippen LogP contribution in [0.5, 0.6) is 0 Å². The fourth-order valence-corrected chi connectivity index (χ4v) is 1.29. The van der Waals surface area contributed by atoms with Gasteiger partial charge in [-0.15, -0.1) is 0 Å². The molecule has 2 N–H and O–H groups in total. The Kier molecular flexibility index (Phi) is 3.28. The van der Waals surface area contributed by atoms with E-state index in [0.29, 0.717) is 4.57 Å².